The molecule has 2 unspecified atom stereocenters. The monoisotopic (exact) mass is 507 g/mol. The molecule has 186 valence electrons. The van der Waals surface area contributed by atoms with Crippen LogP contribution in [0.3, 0.4) is 0 Å². The van der Waals surface area contributed by atoms with Gasteiger partial charge < -0.3 is 20.6 Å². The second-order valence-electron chi connectivity index (χ2n) is 9.58. The molecule has 0 aromatic heterocycles. The third kappa shape index (κ3) is 4.33. The van der Waals surface area contributed by atoms with E-state index in [0.717, 1.165) is 31.2 Å². The van der Waals surface area contributed by atoms with Gasteiger partial charge in [-0.15, -0.1) is 11.8 Å². The number of unbranched alkanes of at least 4 members (excludes halogenated alkanes) is 2. The van der Waals surface area contributed by atoms with Crippen LogP contribution < -0.4 is 10.6 Å². The highest BCUT2D eigenvalue weighted by molar-refractivity contribution is 8.02. The number of benzene rings is 1. The van der Waals surface area contributed by atoms with Crippen molar-refractivity contribution in [1.29, 1.82) is 0 Å². The molecule has 4 rings (SSSR count). The molecule has 3 amide bonds. The summed E-state index contributed by atoms with van der Waals surface area (Å²) in [5.74, 6) is -1.29. The number of carbonyl (C=O) groups is 3. The molecule has 3 aliphatic rings. The number of rotatable bonds is 10. The average Bonchev–Trinajstić information content (AvgIpc) is 3.45. The van der Waals surface area contributed by atoms with Gasteiger partial charge in [0.2, 0.25) is 17.7 Å². The molecule has 3 fully saturated rings. The number of nitrogens with zero attached hydrogens (tertiary/aromatic N) is 1. The molecule has 0 radical (unpaired) electrons. The van der Waals surface area contributed by atoms with Crippen molar-refractivity contribution in [3.05, 3.63) is 28.8 Å². The van der Waals surface area contributed by atoms with Crippen molar-refractivity contribution in [2.45, 2.75) is 68.4 Å². The summed E-state index contributed by atoms with van der Waals surface area (Å²) in [6.45, 7) is 5.02. The molecule has 1 aromatic carbocycles. The molecule has 0 aliphatic carbocycles. The van der Waals surface area contributed by atoms with Crippen molar-refractivity contribution in [1.82, 2.24) is 10.2 Å². The summed E-state index contributed by atoms with van der Waals surface area (Å²) < 4.78 is -0.605. The van der Waals surface area contributed by atoms with Crippen LogP contribution in [0.15, 0.2) is 18.2 Å². The van der Waals surface area contributed by atoms with Crippen molar-refractivity contribution in [3.8, 4) is 0 Å². The molecule has 34 heavy (non-hydrogen) atoms. The number of halogens is 1. The van der Waals surface area contributed by atoms with Crippen LogP contribution in [-0.4, -0.2) is 63.5 Å². The number of thioether (sulfide) groups is 1. The van der Waals surface area contributed by atoms with Crippen LogP contribution in [0.25, 0.3) is 0 Å². The van der Waals surface area contributed by atoms with Gasteiger partial charge in [0.1, 0.15) is 6.04 Å². The van der Waals surface area contributed by atoms with Crippen LogP contribution in [0, 0.1) is 18.8 Å². The minimum absolute atomic E-state index is 0.0553. The Morgan fingerprint density at radius 1 is 1.26 bits per heavy atom. The summed E-state index contributed by atoms with van der Waals surface area (Å²) in [4.78, 5) is 42.4. The van der Waals surface area contributed by atoms with E-state index in [9.17, 15) is 14.4 Å². The van der Waals surface area contributed by atoms with Crippen molar-refractivity contribution in [2.75, 3.05) is 25.0 Å². The number of hydrogen-bond acceptors (Lipinski definition) is 5. The van der Waals surface area contributed by atoms with Crippen LogP contribution in [0.2, 0.25) is 5.02 Å². The summed E-state index contributed by atoms with van der Waals surface area (Å²) in [7, 11) is 0. The number of fused-ring (bicyclic) bond motifs is 1. The Bertz CT molecular complexity index is 940. The van der Waals surface area contributed by atoms with Crippen molar-refractivity contribution in [2.24, 2.45) is 11.8 Å². The van der Waals surface area contributed by atoms with Gasteiger partial charge in [0.05, 0.1) is 27.3 Å². The molecular weight excluding hydrogens is 474 g/mol. The van der Waals surface area contributed by atoms with E-state index in [1.54, 1.807) is 22.7 Å². The Hall–Kier alpha value is -1.77. The lowest BCUT2D eigenvalue weighted by molar-refractivity contribution is -0.139. The fourth-order valence-electron chi connectivity index (χ4n) is 5.91. The Morgan fingerprint density at radius 2 is 2.06 bits per heavy atom. The lowest BCUT2D eigenvalue weighted by Crippen LogP contribution is -2.52. The standard InChI is InChI=1S/C25H34ClN3O4S/c1-3-12-27-22(31)18-17-10-11-25(34-17)19(18)24(33)29(13-5-4-6-14-30)21(25)23(32)28-20-15(2)8-7-9-16(20)26/h7-9,17-19,21,30H,3-6,10-14H2,1-2H3,(H,27,31)(H,28,32)/t17-,18+,19+,21?,25?/m1/s1. The third-order valence-electron chi connectivity index (χ3n) is 7.43. The molecule has 3 saturated heterocycles. The van der Waals surface area contributed by atoms with E-state index in [4.69, 9.17) is 16.7 Å². The van der Waals surface area contributed by atoms with Crippen LogP contribution >= 0.6 is 23.4 Å². The van der Waals surface area contributed by atoms with Gasteiger partial charge in [-0.25, -0.2) is 0 Å². The highest BCUT2D eigenvalue weighted by atomic mass is 35.5. The molecular formula is C25H34ClN3O4S. The van der Waals surface area contributed by atoms with Crippen molar-refractivity contribution < 1.29 is 19.5 Å². The van der Waals surface area contributed by atoms with E-state index in [2.05, 4.69) is 10.6 Å². The first-order valence-electron chi connectivity index (χ1n) is 12.3. The Kier molecular flexibility index (Phi) is 7.79. The first kappa shape index (κ1) is 25.3. The quantitative estimate of drug-likeness (QED) is 0.422. The van der Waals surface area contributed by atoms with Crippen LogP contribution in [-0.2, 0) is 14.4 Å². The SMILES string of the molecule is CCCNC(=O)[C@@H]1[C@H]2C(=O)N(CCCCCO)C(C(=O)Nc3c(C)cccc3Cl)C23CC[C@H]1S3. The Labute approximate surface area is 210 Å². The summed E-state index contributed by atoms with van der Waals surface area (Å²) in [5.41, 5.74) is 1.42. The normalized spacial score (nSPS) is 29.4. The van der Waals surface area contributed by atoms with E-state index in [1.165, 1.54) is 0 Å². The molecule has 3 N–H and O–H groups in total. The molecule has 1 aromatic rings. The Balaban J connectivity index is 1.65. The summed E-state index contributed by atoms with van der Waals surface area (Å²) in [5, 5.41) is 15.7. The van der Waals surface area contributed by atoms with Crippen molar-refractivity contribution >= 4 is 46.8 Å². The number of likely N-dealkylation sites (tertiary alicyclic amines) is 1. The fourth-order valence-corrected chi connectivity index (χ4v) is 8.40. The molecule has 7 nitrogen and oxygen atoms in total. The zero-order valence-electron chi connectivity index (χ0n) is 19.8. The van der Waals surface area contributed by atoms with Gasteiger partial charge in [-0.05, 0) is 57.1 Å². The molecule has 2 bridgehead atoms. The lowest BCUT2D eigenvalue weighted by Gasteiger charge is -2.34. The maximum Gasteiger partial charge on any atom is 0.248 e. The number of hydrogen-bond donors (Lipinski definition) is 3. The molecule has 0 saturated carbocycles. The summed E-state index contributed by atoms with van der Waals surface area (Å²) >= 11 is 8.06. The molecule has 1 spiro atoms. The largest absolute Gasteiger partial charge is 0.396 e. The number of aliphatic hydroxyl groups excluding tert-OH is 1. The molecule has 5 atom stereocenters. The first-order valence-corrected chi connectivity index (χ1v) is 13.5. The van der Waals surface area contributed by atoms with Gasteiger partial charge in [0, 0.05) is 24.9 Å². The minimum Gasteiger partial charge on any atom is -0.396 e. The third-order valence-corrected chi connectivity index (χ3v) is 9.69. The maximum atomic E-state index is 13.8. The summed E-state index contributed by atoms with van der Waals surface area (Å²) in [6, 6.07) is 4.80. The second-order valence-corrected chi connectivity index (χ2v) is 11.6. The Morgan fingerprint density at radius 3 is 2.76 bits per heavy atom. The van der Waals surface area contributed by atoms with Gasteiger partial charge in [-0.2, -0.15) is 0 Å². The minimum atomic E-state index is -0.659. The van der Waals surface area contributed by atoms with E-state index in [-0.39, 0.29) is 29.6 Å². The van der Waals surface area contributed by atoms with Gasteiger partial charge in [0.25, 0.3) is 0 Å². The van der Waals surface area contributed by atoms with Gasteiger partial charge in [-0.1, -0.05) is 30.7 Å². The van der Waals surface area contributed by atoms with Crippen LogP contribution in [0.1, 0.15) is 51.0 Å². The number of amides is 3. The lowest BCUT2D eigenvalue weighted by atomic mass is 9.70. The van der Waals surface area contributed by atoms with Gasteiger partial charge in [-0.3, -0.25) is 14.4 Å². The maximum absolute atomic E-state index is 13.8. The first-order chi connectivity index (χ1) is 16.4. The predicted molar refractivity (Wildman–Crippen MR) is 135 cm³/mol. The topological polar surface area (TPSA) is 98.7 Å². The zero-order valence-corrected chi connectivity index (χ0v) is 21.4. The van der Waals surface area contributed by atoms with Crippen LogP contribution in [0.5, 0.6) is 0 Å². The number of para-hydroxylation sites is 1. The highest BCUT2D eigenvalue weighted by Gasteiger charge is 2.73. The van der Waals surface area contributed by atoms with Gasteiger partial charge in [0.15, 0.2) is 0 Å². The van der Waals surface area contributed by atoms with E-state index >= 15 is 0 Å². The summed E-state index contributed by atoms with van der Waals surface area (Å²) in [6.07, 6.45) is 4.52. The van der Waals surface area contributed by atoms with E-state index < -0.39 is 22.6 Å². The number of anilines is 1. The number of aliphatic hydroxyl groups is 1. The second kappa shape index (κ2) is 10.5. The smallest absolute Gasteiger partial charge is 0.248 e. The number of carbonyl (C=O) groups excluding carboxylic acids is 3. The number of nitrogens with one attached hydrogen (secondary N) is 2. The van der Waals surface area contributed by atoms with Gasteiger partial charge >= 0.3 is 0 Å². The van der Waals surface area contributed by atoms with Crippen molar-refractivity contribution in [3.63, 3.8) is 0 Å². The van der Waals surface area contributed by atoms with E-state index in [0.29, 0.717) is 36.6 Å². The number of aryl methyl sites for hydroxylation is 1. The predicted octanol–water partition coefficient (Wildman–Crippen LogP) is 3.37. The fraction of sp³-hybridized carbons (Fsp3) is 0.640. The zero-order chi connectivity index (χ0) is 24.5. The van der Waals surface area contributed by atoms with E-state index in [1.807, 2.05) is 26.0 Å². The molecule has 9 heteroatoms. The molecule has 3 aliphatic heterocycles. The molecule has 3 heterocycles. The van der Waals surface area contributed by atoms with Crippen LogP contribution in [0.4, 0.5) is 5.69 Å². The average molecular weight is 508 g/mol. The highest BCUT2D eigenvalue weighted by Crippen LogP contribution is 2.66.